The number of hydrogen-bond donors (Lipinski definition) is 1. The molecule has 0 saturated heterocycles. The molecule has 0 aliphatic carbocycles. The summed E-state index contributed by atoms with van der Waals surface area (Å²) in [6.07, 6.45) is 0.933. The van der Waals surface area contributed by atoms with Crippen molar-refractivity contribution in [2.24, 2.45) is 0 Å². The zero-order valence-corrected chi connectivity index (χ0v) is 13.6. The third-order valence-electron chi connectivity index (χ3n) is 4.54. The number of ether oxygens (including phenoxy) is 1. The van der Waals surface area contributed by atoms with Gasteiger partial charge in [-0.05, 0) is 41.6 Å². The van der Waals surface area contributed by atoms with E-state index in [1.807, 2.05) is 43.3 Å². The normalized spacial score (nSPS) is 11.1. The highest BCUT2D eigenvalue weighted by Gasteiger charge is 2.15. The van der Waals surface area contributed by atoms with Gasteiger partial charge in [-0.15, -0.1) is 0 Å². The molecule has 24 heavy (non-hydrogen) atoms. The summed E-state index contributed by atoms with van der Waals surface area (Å²) in [6.45, 7) is 2.00. The van der Waals surface area contributed by atoms with Gasteiger partial charge in [0, 0.05) is 16.3 Å². The van der Waals surface area contributed by atoms with E-state index in [9.17, 15) is 4.79 Å². The minimum atomic E-state index is 0.695. The van der Waals surface area contributed by atoms with Crippen molar-refractivity contribution in [1.29, 1.82) is 0 Å². The van der Waals surface area contributed by atoms with Crippen molar-refractivity contribution in [3.63, 3.8) is 0 Å². The van der Waals surface area contributed by atoms with Crippen LogP contribution in [-0.2, 0) is 0 Å². The number of aldehydes is 1. The summed E-state index contributed by atoms with van der Waals surface area (Å²) in [7, 11) is 1.66. The average Bonchev–Trinajstić information content (AvgIpc) is 3.00. The molecular formula is C21H17NO2. The van der Waals surface area contributed by atoms with Gasteiger partial charge in [0.25, 0.3) is 0 Å². The smallest absolute Gasteiger partial charge is 0.152 e. The lowest BCUT2D eigenvalue weighted by Gasteiger charge is -2.07. The van der Waals surface area contributed by atoms with Crippen LogP contribution in [-0.4, -0.2) is 18.4 Å². The van der Waals surface area contributed by atoms with Gasteiger partial charge in [-0.2, -0.15) is 0 Å². The molecule has 3 nitrogen and oxygen atoms in total. The van der Waals surface area contributed by atoms with Crippen LogP contribution in [0.1, 0.15) is 15.9 Å². The Morgan fingerprint density at radius 3 is 2.58 bits per heavy atom. The molecule has 3 heteroatoms. The molecule has 0 amide bonds. The molecule has 0 atom stereocenters. The molecule has 0 aliphatic heterocycles. The number of aryl methyl sites for hydroxylation is 1. The molecule has 0 bridgehead atoms. The predicted octanol–water partition coefficient (Wildman–Crippen LogP) is 5.12. The van der Waals surface area contributed by atoms with E-state index in [1.54, 1.807) is 7.11 Å². The highest BCUT2D eigenvalue weighted by molar-refractivity contribution is 6.14. The molecule has 1 aromatic heterocycles. The molecule has 0 unspecified atom stereocenters. The van der Waals surface area contributed by atoms with Gasteiger partial charge >= 0.3 is 0 Å². The van der Waals surface area contributed by atoms with Crippen LogP contribution in [0, 0.1) is 6.92 Å². The third kappa shape index (κ3) is 2.09. The van der Waals surface area contributed by atoms with Gasteiger partial charge in [0.15, 0.2) is 6.29 Å². The van der Waals surface area contributed by atoms with Crippen molar-refractivity contribution >= 4 is 28.0 Å². The number of carbonyl (C=O) groups excluding carboxylic acids is 1. The second kappa shape index (κ2) is 5.53. The van der Waals surface area contributed by atoms with Crippen molar-refractivity contribution in [1.82, 2.24) is 4.98 Å². The number of aromatic amines is 1. The molecule has 4 aromatic rings. The number of methoxy groups -OCH3 is 1. The summed E-state index contributed by atoms with van der Waals surface area (Å²) in [5, 5.41) is 3.22. The van der Waals surface area contributed by atoms with Crippen LogP contribution in [0.5, 0.6) is 5.75 Å². The molecule has 0 spiro atoms. The van der Waals surface area contributed by atoms with E-state index in [-0.39, 0.29) is 0 Å². The number of hydrogen-bond acceptors (Lipinski definition) is 2. The van der Waals surface area contributed by atoms with E-state index in [4.69, 9.17) is 4.74 Å². The Kier molecular flexibility index (Phi) is 3.35. The summed E-state index contributed by atoms with van der Waals surface area (Å²) in [4.78, 5) is 15.2. The van der Waals surface area contributed by atoms with Gasteiger partial charge < -0.3 is 9.72 Å². The van der Waals surface area contributed by atoms with Crippen LogP contribution >= 0.6 is 0 Å². The van der Waals surface area contributed by atoms with E-state index < -0.39 is 0 Å². The summed E-state index contributed by atoms with van der Waals surface area (Å²) in [5.74, 6) is 0.841. The molecule has 0 aliphatic rings. The Labute approximate surface area is 139 Å². The van der Waals surface area contributed by atoms with Gasteiger partial charge in [-0.25, -0.2) is 0 Å². The van der Waals surface area contributed by atoms with Crippen LogP contribution in [0.4, 0.5) is 0 Å². The second-order valence-corrected chi connectivity index (χ2v) is 5.93. The summed E-state index contributed by atoms with van der Waals surface area (Å²) in [5.41, 5.74) is 4.56. The fourth-order valence-corrected chi connectivity index (χ4v) is 3.34. The highest BCUT2D eigenvalue weighted by Crippen LogP contribution is 2.34. The summed E-state index contributed by atoms with van der Waals surface area (Å²) >= 11 is 0. The number of aromatic nitrogens is 1. The Hall–Kier alpha value is -3.07. The van der Waals surface area contributed by atoms with E-state index in [2.05, 4.69) is 23.2 Å². The molecule has 1 N–H and O–H groups in total. The first-order valence-corrected chi connectivity index (χ1v) is 7.86. The van der Waals surface area contributed by atoms with Crippen molar-refractivity contribution in [2.75, 3.05) is 7.11 Å². The van der Waals surface area contributed by atoms with Gasteiger partial charge in [0.2, 0.25) is 0 Å². The Morgan fingerprint density at radius 2 is 1.83 bits per heavy atom. The zero-order chi connectivity index (χ0) is 16.7. The molecule has 1 heterocycles. The van der Waals surface area contributed by atoms with Crippen LogP contribution in [0.2, 0.25) is 0 Å². The standard InChI is InChI=1S/C21H17NO2/c1-13-11-15(8-10-19(13)24-2)20-18(12-23)17-9-7-14-5-3-4-6-16(14)21(17)22-20/h3-12,22H,1-2H3. The molecule has 0 saturated carbocycles. The Morgan fingerprint density at radius 1 is 1.00 bits per heavy atom. The Balaban J connectivity index is 2.03. The lowest BCUT2D eigenvalue weighted by Crippen LogP contribution is -1.89. The maximum Gasteiger partial charge on any atom is 0.152 e. The SMILES string of the molecule is COc1ccc(-c2[nH]c3c(ccc4ccccc43)c2C=O)cc1C. The van der Waals surface area contributed by atoms with E-state index in [0.717, 1.165) is 50.5 Å². The molecule has 0 radical (unpaired) electrons. The zero-order valence-electron chi connectivity index (χ0n) is 13.6. The third-order valence-corrected chi connectivity index (χ3v) is 4.54. The molecular weight excluding hydrogens is 298 g/mol. The number of H-pyrrole nitrogens is 1. The topological polar surface area (TPSA) is 42.1 Å². The fraction of sp³-hybridized carbons (Fsp3) is 0.0952. The van der Waals surface area contributed by atoms with E-state index in [0.29, 0.717) is 5.56 Å². The quantitative estimate of drug-likeness (QED) is 0.533. The van der Waals surface area contributed by atoms with E-state index in [1.165, 1.54) is 0 Å². The fourth-order valence-electron chi connectivity index (χ4n) is 3.34. The second-order valence-electron chi connectivity index (χ2n) is 5.93. The van der Waals surface area contributed by atoms with Crippen molar-refractivity contribution in [3.05, 3.63) is 65.7 Å². The van der Waals surface area contributed by atoms with Gasteiger partial charge in [-0.3, -0.25) is 4.79 Å². The largest absolute Gasteiger partial charge is 0.496 e. The van der Waals surface area contributed by atoms with Crippen LogP contribution in [0.3, 0.4) is 0 Å². The highest BCUT2D eigenvalue weighted by atomic mass is 16.5. The number of carbonyl (C=O) groups is 1. The van der Waals surface area contributed by atoms with Crippen LogP contribution < -0.4 is 4.74 Å². The number of rotatable bonds is 3. The summed E-state index contributed by atoms with van der Waals surface area (Å²) in [6, 6.07) is 18.2. The molecule has 118 valence electrons. The lowest BCUT2D eigenvalue weighted by atomic mass is 10.0. The van der Waals surface area contributed by atoms with Gasteiger partial charge in [-0.1, -0.05) is 36.4 Å². The lowest BCUT2D eigenvalue weighted by molar-refractivity contribution is 0.112. The first kappa shape index (κ1) is 14.5. The van der Waals surface area contributed by atoms with Crippen molar-refractivity contribution < 1.29 is 9.53 Å². The maximum absolute atomic E-state index is 11.8. The molecule has 3 aromatic carbocycles. The number of benzene rings is 3. The van der Waals surface area contributed by atoms with Gasteiger partial charge in [0.1, 0.15) is 5.75 Å². The van der Waals surface area contributed by atoms with Crippen LogP contribution in [0.15, 0.2) is 54.6 Å². The predicted molar refractivity (Wildman–Crippen MR) is 97.9 cm³/mol. The van der Waals surface area contributed by atoms with Crippen molar-refractivity contribution in [2.45, 2.75) is 6.92 Å². The number of nitrogens with one attached hydrogen (secondary N) is 1. The molecule has 0 fully saturated rings. The minimum Gasteiger partial charge on any atom is -0.496 e. The van der Waals surface area contributed by atoms with E-state index >= 15 is 0 Å². The van der Waals surface area contributed by atoms with Crippen LogP contribution in [0.25, 0.3) is 32.9 Å². The average molecular weight is 315 g/mol. The number of fused-ring (bicyclic) bond motifs is 3. The first-order chi connectivity index (χ1) is 11.7. The summed E-state index contributed by atoms with van der Waals surface area (Å²) < 4.78 is 5.33. The monoisotopic (exact) mass is 315 g/mol. The first-order valence-electron chi connectivity index (χ1n) is 7.86. The van der Waals surface area contributed by atoms with Crippen molar-refractivity contribution in [3.8, 4) is 17.0 Å². The maximum atomic E-state index is 11.8. The molecule has 4 rings (SSSR count). The van der Waals surface area contributed by atoms with Gasteiger partial charge in [0.05, 0.1) is 18.3 Å². The Bertz CT molecular complexity index is 1080. The minimum absolute atomic E-state index is 0.695.